The highest BCUT2D eigenvalue weighted by Crippen LogP contribution is 2.11. The minimum Gasteiger partial charge on any atom is -0.491 e. The van der Waals surface area contributed by atoms with Crippen molar-refractivity contribution < 1.29 is 14.6 Å². The zero-order valence-electron chi connectivity index (χ0n) is 12.6. The summed E-state index contributed by atoms with van der Waals surface area (Å²) in [5.74, 6) is 0.794. The maximum atomic E-state index is 9.79. The lowest BCUT2D eigenvalue weighted by Crippen LogP contribution is -2.32. The molecule has 0 aliphatic rings. The number of nitrogens with one attached hydrogen (secondary N) is 1. The molecule has 0 bridgehead atoms. The van der Waals surface area contributed by atoms with Gasteiger partial charge in [-0.2, -0.15) is 0 Å². The van der Waals surface area contributed by atoms with Crippen molar-refractivity contribution in [2.75, 3.05) is 32.9 Å². The van der Waals surface area contributed by atoms with Gasteiger partial charge in [0.25, 0.3) is 0 Å². The van der Waals surface area contributed by atoms with E-state index in [-0.39, 0.29) is 0 Å². The van der Waals surface area contributed by atoms with Crippen LogP contribution in [0.5, 0.6) is 5.75 Å². The van der Waals surface area contributed by atoms with Crippen LogP contribution >= 0.6 is 0 Å². The maximum absolute atomic E-state index is 9.79. The predicted octanol–water partition coefficient (Wildman–Crippen LogP) is 2.14. The van der Waals surface area contributed by atoms with Gasteiger partial charge in [0, 0.05) is 19.8 Å². The number of hydrogen-bond donors (Lipinski definition) is 2. The zero-order chi connectivity index (χ0) is 14.6. The summed E-state index contributed by atoms with van der Waals surface area (Å²) in [7, 11) is 0. The van der Waals surface area contributed by atoms with Crippen LogP contribution in [0.15, 0.2) is 24.3 Å². The van der Waals surface area contributed by atoms with Crippen LogP contribution in [0, 0.1) is 6.92 Å². The Morgan fingerprint density at radius 3 is 2.65 bits per heavy atom. The Morgan fingerprint density at radius 1 is 1.20 bits per heavy atom. The van der Waals surface area contributed by atoms with Gasteiger partial charge in [-0.15, -0.1) is 0 Å². The van der Waals surface area contributed by atoms with Crippen molar-refractivity contribution in [1.29, 1.82) is 0 Å². The minimum atomic E-state index is -0.493. The predicted molar refractivity (Wildman–Crippen MR) is 81.3 cm³/mol. The van der Waals surface area contributed by atoms with Crippen molar-refractivity contribution in [1.82, 2.24) is 5.32 Å². The van der Waals surface area contributed by atoms with E-state index < -0.39 is 6.10 Å². The average molecular weight is 281 g/mol. The molecular weight excluding hydrogens is 254 g/mol. The molecule has 1 aromatic rings. The Bertz CT molecular complexity index is 340. The molecule has 114 valence electrons. The third-order valence-corrected chi connectivity index (χ3v) is 2.83. The molecule has 0 amide bonds. The fraction of sp³-hybridized carbons (Fsp3) is 0.625. The number of ether oxygens (including phenoxy) is 2. The summed E-state index contributed by atoms with van der Waals surface area (Å²) in [5, 5.41) is 13.0. The summed E-state index contributed by atoms with van der Waals surface area (Å²) in [6, 6.07) is 7.83. The van der Waals surface area contributed by atoms with Crippen molar-refractivity contribution in [2.24, 2.45) is 0 Å². The molecule has 0 aromatic heterocycles. The summed E-state index contributed by atoms with van der Waals surface area (Å²) >= 11 is 0. The second kappa shape index (κ2) is 10.7. The summed E-state index contributed by atoms with van der Waals surface area (Å²) < 4.78 is 10.9. The lowest BCUT2D eigenvalue weighted by molar-refractivity contribution is 0.103. The van der Waals surface area contributed by atoms with Crippen molar-refractivity contribution in [2.45, 2.75) is 32.8 Å². The highest BCUT2D eigenvalue weighted by Gasteiger charge is 2.04. The van der Waals surface area contributed by atoms with Gasteiger partial charge in [-0.1, -0.05) is 24.6 Å². The molecular formula is C16H27NO3. The summed E-state index contributed by atoms with van der Waals surface area (Å²) in [6.07, 6.45) is 1.53. The molecule has 0 saturated carbocycles. The Balaban J connectivity index is 2.00. The van der Waals surface area contributed by atoms with E-state index in [1.807, 2.05) is 31.2 Å². The van der Waals surface area contributed by atoms with Gasteiger partial charge in [0.05, 0.1) is 0 Å². The lowest BCUT2D eigenvalue weighted by atomic mass is 10.2. The highest BCUT2D eigenvalue weighted by atomic mass is 16.5. The average Bonchev–Trinajstić information content (AvgIpc) is 2.46. The van der Waals surface area contributed by atoms with E-state index in [9.17, 15) is 5.11 Å². The standard InChI is InChI=1S/C16H27NO3/c1-3-10-19-11-4-9-17-12-15(18)13-20-16-7-5-14(2)6-8-16/h5-8,15,17-18H,3-4,9-13H2,1-2H3. The summed E-state index contributed by atoms with van der Waals surface area (Å²) in [6.45, 7) is 7.44. The molecule has 0 fully saturated rings. The summed E-state index contributed by atoms with van der Waals surface area (Å²) in [5.41, 5.74) is 1.20. The summed E-state index contributed by atoms with van der Waals surface area (Å²) in [4.78, 5) is 0. The molecule has 0 radical (unpaired) electrons. The third kappa shape index (κ3) is 8.15. The first-order valence-corrected chi connectivity index (χ1v) is 7.38. The monoisotopic (exact) mass is 281 g/mol. The van der Waals surface area contributed by atoms with Crippen LogP contribution in [0.2, 0.25) is 0 Å². The Kier molecular flexibility index (Phi) is 9.04. The van der Waals surface area contributed by atoms with Crippen LogP contribution in [0.4, 0.5) is 0 Å². The second-order valence-electron chi connectivity index (χ2n) is 4.95. The highest BCUT2D eigenvalue weighted by molar-refractivity contribution is 5.26. The molecule has 1 atom stereocenters. The van der Waals surface area contributed by atoms with Crippen molar-refractivity contribution in [3.05, 3.63) is 29.8 Å². The molecule has 0 saturated heterocycles. The number of benzene rings is 1. The Morgan fingerprint density at radius 2 is 1.95 bits per heavy atom. The van der Waals surface area contributed by atoms with E-state index in [2.05, 4.69) is 12.2 Å². The van der Waals surface area contributed by atoms with E-state index in [0.29, 0.717) is 13.2 Å². The molecule has 4 heteroatoms. The van der Waals surface area contributed by atoms with E-state index >= 15 is 0 Å². The van der Waals surface area contributed by atoms with Gasteiger partial charge in [0.2, 0.25) is 0 Å². The number of aliphatic hydroxyl groups is 1. The van der Waals surface area contributed by atoms with Crippen LogP contribution in [-0.2, 0) is 4.74 Å². The van der Waals surface area contributed by atoms with Crippen LogP contribution < -0.4 is 10.1 Å². The molecule has 0 heterocycles. The largest absolute Gasteiger partial charge is 0.491 e. The fourth-order valence-corrected chi connectivity index (χ4v) is 1.70. The van der Waals surface area contributed by atoms with Gasteiger partial charge in [-0.25, -0.2) is 0 Å². The molecule has 2 N–H and O–H groups in total. The first kappa shape index (κ1) is 17.0. The molecule has 20 heavy (non-hydrogen) atoms. The van der Waals surface area contributed by atoms with Crippen molar-refractivity contribution in [3.63, 3.8) is 0 Å². The van der Waals surface area contributed by atoms with Gasteiger partial charge < -0.3 is 19.9 Å². The first-order valence-electron chi connectivity index (χ1n) is 7.38. The number of hydrogen-bond acceptors (Lipinski definition) is 4. The molecule has 0 aliphatic heterocycles. The fourth-order valence-electron chi connectivity index (χ4n) is 1.70. The first-order chi connectivity index (χ1) is 9.72. The number of aryl methyl sites for hydroxylation is 1. The van der Waals surface area contributed by atoms with Crippen molar-refractivity contribution in [3.8, 4) is 5.75 Å². The smallest absolute Gasteiger partial charge is 0.119 e. The normalized spacial score (nSPS) is 12.3. The van der Waals surface area contributed by atoms with Crippen LogP contribution in [0.25, 0.3) is 0 Å². The molecule has 4 nitrogen and oxygen atoms in total. The third-order valence-electron chi connectivity index (χ3n) is 2.83. The lowest BCUT2D eigenvalue weighted by Gasteiger charge is -2.13. The maximum Gasteiger partial charge on any atom is 0.119 e. The second-order valence-corrected chi connectivity index (χ2v) is 4.95. The molecule has 0 aliphatic carbocycles. The number of rotatable bonds is 11. The molecule has 1 rings (SSSR count). The molecule has 1 unspecified atom stereocenters. The minimum absolute atomic E-state index is 0.308. The van der Waals surface area contributed by atoms with Gasteiger partial charge in [-0.3, -0.25) is 0 Å². The van der Waals surface area contributed by atoms with Gasteiger partial charge in [0.1, 0.15) is 18.5 Å². The quantitative estimate of drug-likeness (QED) is 0.610. The van der Waals surface area contributed by atoms with Crippen LogP contribution in [0.3, 0.4) is 0 Å². The van der Waals surface area contributed by atoms with E-state index in [4.69, 9.17) is 9.47 Å². The Hall–Kier alpha value is -1.10. The van der Waals surface area contributed by atoms with Gasteiger partial charge >= 0.3 is 0 Å². The van der Waals surface area contributed by atoms with Crippen molar-refractivity contribution >= 4 is 0 Å². The van der Waals surface area contributed by atoms with Gasteiger partial charge in [0.15, 0.2) is 0 Å². The molecule has 0 spiro atoms. The van der Waals surface area contributed by atoms with Crippen LogP contribution in [0.1, 0.15) is 25.3 Å². The number of aliphatic hydroxyl groups excluding tert-OH is 1. The van der Waals surface area contributed by atoms with Gasteiger partial charge in [-0.05, 0) is 38.4 Å². The van der Waals surface area contributed by atoms with E-state index in [1.54, 1.807) is 0 Å². The van der Waals surface area contributed by atoms with Crippen LogP contribution in [-0.4, -0.2) is 44.1 Å². The Labute approximate surface area is 122 Å². The topological polar surface area (TPSA) is 50.7 Å². The molecule has 1 aromatic carbocycles. The van der Waals surface area contributed by atoms with E-state index in [0.717, 1.165) is 38.3 Å². The SMILES string of the molecule is CCCOCCCNCC(O)COc1ccc(C)cc1. The van der Waals surface area contributed by atoms with E-state index in [1.165, 1.54) is 5.56 Å². The zero-order valence-corrected chi connectivity index (χ0v) is 12.6.